The van der Waals surface area contributed by atoms with E-state index in [0.29, 0.717) is 17.5 Å². The summed E-state index contributed by atoms with van der Waals surface area (Å²) in [6.07, 6.45) is 3.73. The topological polar surface area (TPSA) is 58.6 Å². The first-order valence-corrected chi connectivity index (χ1v) is 7.77. The van der Waals surface area contributed by atoms with E-state index in [1.807, 2.05) is 12.1 Å². The third-order valence-electron chi connectivity index (χ3n) is 3.80. The fourth-order valence-corrected chi connectivity index (χ4v) is 2.71. The monoisotopic (exact) mass is 311 g/mol. The van der Waals surface area contributed by atoms with Crippen LogP contribution in [0.2, 0.25) is 5.02 Å². The Hall–Kier alpha value is -1.10. The molecule has 4 nitrogen and oxygen atoms in total. The van der Waals surface area contributed by atoms with Gasteiger partial charge in [0.15, 0.2) is 0 Å². The molecule has 1 aliphatic heterocycles. The number of carbonyl (C=O) groups excluding carboxylic acids is 1. The quantitative estimate of drug-likeness (QED) is 0.849. The van der Waals surface area contributed by atoms with Crippen LogP contribution in [0.5, 0.6) is 0 Å². The molecule has 0 aliphatic carbocycles. The first kappa shape index (κ1) is 16.3. The van der Waals surface area contributed by atoms with Crippen molar-refractivity contribution < 1.29 is 14.6 Å². The SMILES string of the molecule is CC1CCC(CCC(=O)NC(CO)c2ccc(Cl)cc2)O1. The van der Waals surface area contributed by atoms with E-state index in [0.717, 1.165) is 24.8 Å². The molecule has 1 aliphatic rings. The van der Waals surface area contributed by atoms with Crippen molar-refractivity contribution in [1.82, 2.24) is 5.32 Å². The predicted molar refractivity (Wildman–Crippen MR) is 82.2 cm³/mol. The largest absolute Gasteiger partial charge is 0.394 e. The Balaban J connectivity index is 1.81. The Morgan fingerprint density at radius 2 is 2.14 bits per heavy atom. The van der Waals surface area contributed by atoms with Crippen molar-refractivity contribution >= 4 is 17.5 Å². The molecule has 0 spiro atoms. The fraction of sp³-hybridized carbons (Fsp3) is 0.562. The van der Waals surface area contributed by atoms with Crippen molar-refractivity contribution in [3.8, 4) is 0 Å². The van der Waals surface area contributed by atoms with Crippen LogP contribution in [0.3, 0.4) is 0 Å². The van der Waals surface area contributed by atoms with Crippen molar-refractivity contribution in [3.63, 3.8) is 0 Å². The molecule has 3 atom stereocenters. The zero-order valence-electron chi connectivity index (χ0n) is 12.2. The Labute approximate surface area is 130 Å². The molecule has 0 radical (unpaired) electrons. The summed E-state index contributed by atoms with van der Waals surface area (Å²) < 4.78 is 5.70. The van der Waals surface area contributed by atoms with Crippen LogP contribution in [0.4, 0.5) is 0 Å². The molecule has 0 saturated carbocycles. The lowest BCUT2D eigenvalue weighted by Crippen LogP contribution is -2.31. The number of aliphatic hydroxyl groups excluding tert-OH is 1. The van der Waals surface area contributed by atoms with Gasteiger partial charge in [-0.15, -0.1) is 0 Å². The molecule has 0 bridgehead atoms. The number of rotatable bonds is 6. The van der Waals surface area contributed by atoms with Crippen LogP contribution in [0.15, 0.2) is 24.3 Å². The number of halogens is 1. The van der Waals surface area contributed by atoms with Gasteiger partial charge < -0.3 is 15.2 Å². The molecule has 1 amide bonds. The Bertz CT molecular complexity index is 463. The van der Waals surface area contributed by atoms with E-state index in [-0.39, 0.29) is 18.6 Å². The molecule has 1 fully saturated rings. The van der Waals surface area contributed by atoms with Gasteiger partial charge in [0, 0.05) is 11.4 Å². The summed E-state index contributed by atoms with van der Waals surface area (Å²) in [5, 5.41) is 12.9. The minimum Gasteiger partial charge on any atom is -0.394 e. The van der Waals surface area contributed by atoms with E-state index < -0.39 is 6.04 Å². The molecule has 0 aromatic heterocycles. The second kappa shape index (κ2) is 7.78. The lowest BCUT2D eigenvalue weighted by atomic mass is 10.1. The molecular weight excluding hydrogens is 290 g/mol. The number of hydrogen-bond donors (Lipinski definition) is 2. The molecule has 21 heavy (non-hydrogen) atoms. The zero-order valence-corrected chi connectivity index (χ0v) is 13.0. The first-order valence-electron chi connectivity index (χ1n) is 7.39. The minimum atomic E-state index is -0.391. The molecule has 1 saturated heterocycles. The number of hydrogen-bond acceptors (Lipinski definition) is 3. The van der Waals surface area contributed by atoms with Crippen LogP contribution in [-0.4, -0.2) is 29.8 Å². The summed E-state index contributed by atoms with van der Waals surface area (Å²) in [5.74, 6) is -0.0628. The van der Waals surface area contributed by atoms with Gasteiger partial charge >= 0.3 is 0 Å². The molecule has 5 heteroatoms. The average Bonchev–Trinajstić information content (AvgIpc) is 2.89. The molecule has 3 unspecified atom stereocenters. The smallest absolute Gasteiger partial charge is 0.220 e. The maximum atomic E-state index is 12.0. The predicted octanol–water partition coefficient (Wildman–Crippen LogP) is 2.84. The van der Waals surface area contributed by atoms with Gasteiger partial charge in [-0.05, 0) is 43.9 Å². The highest BCUT2D eigenvalue weighted by Gasteiger charge is 2.22. The lowest BCUT2D eigenvalue weighted by Gasteiger charge is -2.17. The molecule has 2 rings (SSSR count). The molecule has 1 aromatic rings. The van der Waals surface area contributed by atoms with E-state index in [1.54, 1.807) is 12.1 Å². The summed E-state index contributed by atoms with van der Waals surface area (Å²) >= 11 is 5.84. The van der Waals surface area contributed by atoms with Crippen LogP contribution >= 0.6 is 11.6 Å². The van der Waals surface area contributed by atoms with Crippen LogP contribution in [0, 0.1) is 0 Å². The van der Waals surface area contributed by atoms with Gasteiger partial charge in [-0.25, -0.2) is 0 Å². The zero-order chi connectivity index (χ0) is 15.2. The molecule has 1 aromatic carbocycles. The summed E-state index contributed by atoms with van der Waals surface area (Å²) in [5.41, 5.74) is 0.848. The van der Waals surface area contributed by atoms with E-state index in [1.165, 1.54) is 0 Å². The third-order valence-corrected chi connectivity index (χ3v) is 4.06. The second-order valence-electron chi connectivity index (χ2n) is 5.54. The lowest BCUT2D eigenvalue weighted by molar-refractivity contribution is -0.122. The summed E-state index contributed by atoms with van der Waals surface area (Å²) in [4.78, 5) is 12.0. The van der Waals surface area contributed by atoms with E-state index in [9.17, 15) is 9.90 Å². The number of aliphatic hydroxyl groups is 1. The highest BCUT2D eigenvalue weighted by molar-refractivity contribution is 6.30. The van der Waals surface area contributed by atoms with Crippen molar-refractivity contribution in [2.24, 2.45) is 0 Å². The van der Waals surface area contributed by atoms with Crippen molar-refractivity contribution in [3.05, 3.63) is 34.9 Å². The average molecular weight is 312 g/mol. The molecule has 2 N–H and O–H groups in total. The van der Waals surface area contributed by atoms with Crippen LogP contribution in [0.1, 0.15) is 44.2 Å². The molecular formula is C16H22ClNO3. The first-order chi connectivity index (χ1) is 10.1. The Morgan fingerprint density at radius 3 is 2.71 bits per heavy atom. The fourth-order valence-electron chi connectivity index (χ4n) is 2.59. The normalized spacial score (nSPS) is 23.0. The second-order valence-corrected chi connectivity index (χ2v) is 5.98. The van der Waals surface area contributed by atoms with Crippen LogP contribution in [0.25, 0.3) is 0 Å². The Morgan fingerprint density at radius 1 is 1.43 bits per heavy atom. The van der Waals surface area contributed by atoms with Gasteiger partial charge in [0.2, 0.25) is 5.91 Å². The van der Waals surface area contributed by atoms with Crippen molar-refractivity contribution in [2.75, 3.05) is 6.61 Å². The Kier molecular flexibility index (Phi) is 6.03. The third kappa shape index (κ3) is 4.99. The molecule has 116 valence electrons. The van der Waals surface area contributed by atoms with Gasteiger partial charge in [-0.2, -0.15) is 0 Å². The molecule has 1 heterocycles. The highest BCUT2D eigenvalue weighted by atomic mass is 35.5. The standard InChI is InChI=1S/C16H22ClNO3/c1-11-2-7-14(21-11)8-9-16(20)18-15(10-19)12-3-5-13(17)6-4-12/h3-6,11,14-15,19H,2,7-10H2,1H3,(H,18,20). The number of nitrogens with one attached hydrogen (secondary N) is 1. The van der Waals surface area contributed by atoms with E-state index in [4.69, 9.17) is 16.3 Å². The maximum absolute atomic E-state index is 12.0. The van der Waals surface area contributed by atoms with Crippen molar-refractivity contribution in [2.45, 2.75) is 50.9 Å². The summed E-state index contributed by atoms with van der Waals surface area (Å²) in [6, 6.07) is 6.73. The number of ether oxygens (including phenoxy) is 1. The summed E-state index contributed by atoms with van der Waals surface area (Å²) in [7, 11) is 0. The van der Waals surface area contributed by atoms with Crippen molar-refractivity contribution in [1.29, 1.82) is 0 Å². The van der Waals surface area contributed by atoms with Crippen LogP contribution < -0.4 is 5.32 Å². The highest BCUT2D eigenvalue weighted by Crippen LogP contribution is 2.23. The van der Waals surface area contributed by atoms with Gasteiger partial charge in [0.05, 0.1) is 24.9 Å². The number of carbonyl (C=O) groups is 1. The minimum absolute atomic E-state index is 0.0628. The number of amides is 1. The number of benzene rings is 1. The van der Waals surface area contributed by atoms with Gasteiger partial charge in [0.1, 0.15) is 0 Å². The van der Waals surface area contributed by atoms with Gasteiger partial charge in [-0.3, -0.25) is 4.79 Å². The van der Waals surface area contributed by atoms with E-state index >= 15 is 0 Å². The van der Waals surface area contributed by atoms with E-state index in [2.05, 4.69) is 12.2 Å². The summed E-state index contributed by atoms with van der Waals surface area (Å²) in [6.45, 7) is 1.92. The van der Waals surface area contributed by atoms with Crippen LogP contribution in [-0.2, 0) is 9.53 Å². The van der Waals surface area contributed by atoms with Gasteiger partial charge in [-0.1, -0.05) is 23.7 Å². The maximum Gasteiger partial charge on any atom is 0.220 e. The van der Waals surface area contributed by atoms with Gasteiger partial charge in [0.25, 0.3) is 0 Å².